The Morgan fingerprint density at radius 3 is 2.41 bits per heavy atom. The number of ether oxygens (including phenoxy) is 1. The lowest BCUT2D eigenvalue weighted by atomic mass is 9.83. The molecule has 1 aromatic carbocycles. The zero-order valence-electron chi connectivity index (χ0n) is 17.4. The lowest BCUT2D eigenvalue weighted by Gasteiger charge is -2.44. The quantitative estimate of drug-likeness (QED) is 0.619. The number of esters is 1. The van der Waals surface area contributed by atoms with Gasteiger partial charge in [0, 0.05) is 18.5 Å². The van der Waals surface area contributed by atoms with Crippen molar-refractivity contribution in [2.75, 3.05) is 20.3 Å². The number of aliphatic hydroxyl groups is 1. The van der Waals surface area contributed by atoms with Crippen LogP contribution in [-0.4, -0.2) is 42.3 Å². The van der Waals surface area contributed by atoms with Gasteiger partial charge in [-0.2, -0.15) is 13.2 Å². The predicted molar refractivity (Wildman–Crippen MR) is 105 cm³/mol. The van der Waals surface area contributed by atoms with Crippen LogP contribution in [0.25, 0.3) is 0 Å². The van der Waals surface area contributed by atoms with Gasteiger partial charge in [0.1, 0.15) is 0 Å². The highest BCUT2D eigenvalue weighted by molar-refractivity contribution is 5.69. The fourth-order valence-corrected chi connectivity index (χ4v) is 4.11. The average molecular weight is 415 g/mol. The number of hydrogen-bond acceptors (Lipinski definition) is 4. The van der Waals surface area contributed by atoms with Crippen LogP contribution in [0.5, 0.6) is 0 Å². The van der Waals surface area contributed by atoms with Gasteiger partial charge in [-0.15, -0.1) is 0 Å². The van der Waals surface area contributed by atoms with Crippen molar-refractivity contribution in [3.05, 3.63) is 35.4 Å². The minimum absolute atomic E-state index is 0.00548. The van der Waals surface area contributed by atoms with E-state index >= 15 is 0 Å². The lowest BCUT2D eigenvalue weighted by Crippen LogP contribution is -2.45. The van der Waals surface area contributed by atoms with Gasteiger partial charge in [0.2, 0.25) is 0 Å². The molecular formula is C22H32F3NO3. The van der Waals surface area contributed by atoms with Crippen molar-refractivity contribution >= 4 is 5.97 Å². The number of halogens is 3. The smallest absolute Gasteiger partial charge is 0.416 e. The summed E-state index contributed by atoms with van der Waals surface area (Å²) in [5, 5.41) is 9.99. The second-order valence-electron chi connectivity index (χ2n) is 8.35. The maximum Gasteiger partial charge on any atom is 0.416 e. The van der Waals surface area contributed by atoms with Crippen LogP contribution in [0.3, 0.4) is 0 Å². The molecule has 164 valence electrons. The number of benzene rings is 1. The van der Waals surface area contributed by atoms with E-state index in [1.54, 1.807) is 0 Å². The molecule has 0 aromatic heterocycles. The molecule has 2 rings (SSSR count). The second-order valence-corrected chi connectivity index (χ2v) is 8.35. The minimum atomic E-state index is -4.37. The number of aliphatic hydroxyl groups excluding tert-OH is 1. The molecule has 0 unspecified atom stereocenters. The van der Waals surface area contributed by atoms with E-state index in [9.17, 15) is 23.1 Å². The molecule has 1 fully saturated rings. The van der Waals surface area contributed by atoms with Crippen molar-refractivity contribution in [1.29, 1.82) is 0 Å². The van der Waals surface area contributed by atoms with Crippen LogP contribution >= 0.6 is 0 Å². The minimum Gasteiger partial charge on any atom is -0.469 e. The van der Waals surface area contributed by atoms with E-state index < -0.39 is 11.7 Å². The average Bonchev–Trinajstić information content (AvgIpc) is 2.68. The number of rotatable bonds is 8. The van der Waals surface area contributed by atoms with Crippen LogP contribution in [-0.2, 0) is 15.7 Å². The molecule has 1 N–H and O–H groups in total. The van der Waals surface area contributed by atoms with Crippen molar-refractivity contribution in [3.8, 4) is 0 Å². The molecule has 3 atom stereocenters. The Labute approximate surface area is 171 Å². The first-order valence-corrected chi connectivity index (χ1v) is 10.3. The molecule has 7 heteroatoms. The molecule has 0 radical (unpaired) electrons. The van der Waals surface area contributed by atoms with Gasteiger partial charge in [-0.3, -0.25) is 9.69 Å². The number of alkyl halides is 3. The molecule has 1 heterocycles. The SMILES string of the molecule is COC(=O)C[C@@H]1CCN([C@@H](CO)CCC(C)C)[C@H](c2ccc(C(F)(F)F)cc2)C1. The van der Waals surface area contributed by atoms with Gasteiger partial charge in [-0.05, 0) is 61.8 Å². The van der Waals surface area contributed by atoms with E-state index in [0.717, 1.165) is 37.0 Å². The summed E-state index contributed by atoms with van der Waals surface area (Å²) in [7, 11) is 1.36. The topological polar surface area (TPSA) is 49.8 Å². The van der Waals surface area contributed by atoms with E-state index in [-0.39, 0.29) is 30.6 Å². The van der Waals surface area contributed by atoms with Crippen LogP contribution in [0.1, 0.15) is 63.1 Å². The predicted octanol–water partition coefficient (Wildman–Crippen LogP) is 4.82. The molecule has 1 saturated heterocycles. The number of carbonyl (C=O) groups is 1. The van der Waals surface area contributed by atoms with Gasteiger partial charge in [-0.25, -0.2) is 0 Å². The second kappa shape index (κ2) is 10.4. The fourth-order valence-electron chi connectivity index (χ4n) is 4.11. The largest absolute Gasteiger partial charge is 0.469 e. The van der Waals surface area contributed by atoms with Gasteiger partial charge in [-0.1, -0.05) is 26.0 Å². The van der Waals surface area contributed by atoms with Gasteiger partial charge in [0.05, 0.1) is 19.3 Å². The third-order valence-electron chi connectivity index (χ3n) is 5.82. The molecule has 4 nitrogen and oxygen atoms in total. The highest BCUT2D eigenvalue weighted by atomic mass is 19.4. The highest BCUT2D eigenvalue weighted by Gasteiger charge is 2.35. The zero-order chi connectivity index (χ0) is 21.6. The molecule has 1 aromatic rings. The molecule has 0 amide bonds. The summed E-state index contributed by atoms with van der Waals surface area (Å²) in [6.45, 7) is 4.96. The van der Waals surface area contributed by atoms with E-state index in [1.165, 1.54) is 19.2 Å². The Hall–Kier alpha value is -1.60. The van der Waals surface area contributed by atoms with Gasteiger partial charge >= 0.3 is 12.1 Å². The maximum atomic E-state index is 12.9. The Morgan fingerprint density at radius 1 is 1.24 bits per heavy atom. The highest BCUT2D eigenvalue weighted by Crippen LogP contribution is 2.39. The number of piperidine rings is 1. The van der Waals surface area contributed by atoms with Crippen molar-refractivity contribution in [1.82, 2.24) is 4.90 Å². The first kappa shape index (κ1) is 23.7. The molecule has 0 spiro atoms. The Morgan fingerprint density at radius 2 is 1.90 bits per heavy atom. The monoisotopic (exact) mass is 415 g/mol. The standard InChI is InChI=1S/C22H32F3NO3/c1-15(2)4-9-19(14-27)26-11-10-16(13-21(28)29-3)12-20(26)17-5-7-18(8-6-17)22(23,24)25/h5-8,15-16,19-20,27H,4,9-14H2,1-3H3/t16-,19-,20+/m1/s1. The van der Waals surface area contributed by atoms with Crippen LogP contribution in [0, 0.1) is 11.8 Å². The van der Waals surface area contributed by atoms with E-state index in [1.807, 2.05) is 0 Å². The molecule has 1 aliphatic heterocycles. The molecule has 29 heavy (non-hydrogen) atoms. The summed E-state index contributed by atoms with van der Waals surface area (Å²) in [6, 6.07) is 5.09. The van der Waals surface area contributed by atoms with Crippen molar-refractivity contribution in [3.63, 3.8) is 0 Å². The summed E-state index contributed by atoms with van der Waals surface area (Å²) < 4.78 is 43.6. The van der Waals surface area contributed by atoms with E-state index in [2.05, 4.69) is 18.7 Å². The molecule has 0 bridgehead atoms. The Kier molecular flexibility index (Phi) is 8.52. The first-order valence-electron chi connectivity index (χ1n) is 10.3. The molecule has 0 saturated carbocycles. The Bertz CT molecular complexity index is 646. The third kappa shape index (κ3) is 6.71. The number of likely N-dealkylation sites (tertiary alicyclic amines) is 1. The number of carbonyl (C=O) groups excluding carboxylic acids is 1. The zero-order valence-corrected chi connectivity index (χ0v) is 17.4. The summed E-state index contributed by atoms with van der Waals surface area (Å²) in [4.78, 5) is 13.9. The summed E-state index contributed by atoms with van der Waals surface area (Å²) >= 11 is 0. The van der Waals surface area contributed by atoms with Gasteiger partial charge < -0.3 is 9.84 Å². The summed E-state index contributed by atoms with van der Waals surface area (Å²) in [5.41, 5.74) is 0.115. The van der Waals surface area contributed by atoms with Crippen LogP contribution in [0.15, 0.2) is 24.3 Å². The van der Waals surface area contributed by atoms with Crippen molar-refractivity contribution in [2.45, 2.75) is 64.2 Å². The molecule has 0 aliphatic carbocycles. The fraction of sp³-hybridized carbons (Fsp3) is 0.682. The first-order chi connectivity index (χ1) is 13.7. The van der Waals surface area contributed by atoms with Crippen LogP contribution in [0.2, 0.25) is 0 Å². The summed E-state index contributed by atoms with van der Waals surface area (Å²) in [6.07, 6.45) is -0.830. The van der Waals surface area contributed by atoms with E-state index in [0.29, 0.717) is 25.3 Å². The van der Waals surface area contributed by atoms with Crippen LogP contribution < -0.4 is 0 Å². The van der Waals surface area contributed by atoms with Crippen LogP contribution in [0.4, 0.5) is 13.2 Å². The van der Waals surface area contributed by atoms with Gasteiger partial charge in [0.25, 0.3) is 0 Å². The van der Waals surface area contributed by atoms with Crippen molar-refractivity contribution in [2.24, 2.45) is 11.8 Å². The molecule has 1 aliphatic rings. The maximum absolute atomic E-state index is 12.9. The van der Waals surface area contributed by atoms with E-state index in [4.69, 9.17) is 4.74 Å². The van der Waals surface area contributed by atoms with Crippen molar-refractivity contribution < 1.29 is 27.8 Å². The number of hydrogen-bond donors (Lipinski definition) is 1. The number of methoxy groups -OCH3 is 1. The molecular weight excluding hydrogens is 383 g/mol. The lowest BCUT2D eigenvalue weighted by molar-refractivity contribution is -0.142. The number of nitrogens with zero attached hydrogens (tertiary/aromatic N) is 1. The van der Waals surface area contributed by atoms with Gasteiger partial charge in [0.15, 0.2) is 0 Å². The Balaban J connectivity index is 2.25. The third-order valence-corrected chi connectivity index (χ3v) is 5.82. The summed E-state index contributed by atoms with van der Waals surface area (Å²) in [5.74, 6) is 0.342. The normalized spacial score (nSPS) is 21.9.